The summed E-state index contributed by atoms with van der Waals surface area (Å²) in [7, 11) is 0. The minimum absolute atomic E-state index is 0.0556. The largest absolute Gasteiger partial charge is 0.460 e. The summed E-state index contributed by atoms with van der Waals surface area (Å²) < 4.78 is 63.0. The minimum Gasteiger partial charge on any atom is -0.460 e. The summed E-state index contributed by atoms with van der Waals surface area (Å²) in [6.07, 6.45) is 4.23. The second kappa shape index (κ2) is 13.0. The number of likely N-dealkylation sites (tertiary alicyclic amines) is 1. The monoisotopic (exact) mass is 661 g/mol. The Hall–Kier alpha value is -4.96. The van der Waals surface area contributed by atoms with Crippen molar-refractivity contribution in [2.75, 3.05) is 18.8 Å². The van der Waals surface area contributed by atoms with Gasteiger partial charge < -0.3 is 15.1 Å². The van der Waals surface area contributed by atoms with E-state index in [1.807, 2.05) is 0 Å². The maximum atomic E-state index is 15.6. The van der Waals surface area contributed by atoms with Gasteiger partial charge in [0.05, 0.1) is 5.02 Å². The Morgan fingerprint density at radius 2 is 1.72 bits per heavy atom. The van der Waals surface area contributed by atoms with E-state index in [9.17, 15) is 22.8 Å². The Labute approximate surface area is 272 Å². The average Bonchev–Trinajstić information content (AvgIpc) is 3.47. The Kier molecular flexibility index (Phi) is 8.88. The van der Waals surface area contributed by atoms with Gasteiger partial charge in [-0.05, 0) is 83.4 Å². The smallest absolute Gasteiger partial charge is 0.253 e. The van der Waals surface area contributed by atoms with E-state index in [4.69, 9.17) is 21.8 Å². The van der Waals surface area contributed by atoms with E-state index >= 15 is 4.39 Å². The molecule has 3 aromatic carbocycles. The van der Waals surface area contributed by atoms with Crippen LogP contribution in [-0.2, 0) is 11.2 Å². The maximum Gasteiger partial charge on any atom is 0.253 e. The van der Waals surface area contributed by atoms with Gasteiger partial charge in [0, 0.05) is 67.0 Å². The molecule has 0 spiro atoms. The number of aryl methyl sites for hydroxylation is 1. The van der Waals surface area contributed by atoms with Crippen LogP contribution in [0.25, 0.3) is 39.3 Å². The second-order valence-electron chi connectivity index (χ2n) is 11.4. The van der Waals surface area contributed by atoms with Crippen LogP contribution in [0, 0.1) is 11.6 Å². The average molecular weight is 662 g/mol. The fourth-order valence-electron chi connectivity index (χ4n) is 5.50. The van der Waals surface area contributed by atoms with Crippen LogP contribution in [0.3, 0.4) is 0 Å². The number of hydrogen-bond acceptors (Lipinski definition) is 5. The molecule has 0 saturated carbocycles. The number of hydrogen-bond donors (Lipinski definition) is 1. The van der Waals surface area contributed by atoms with Crippen LogP contribution in [0.4, 0.5) is 23.4 Å². The highest BCUT2D eigenvalue weighted by molar-refractivity contribution is 6.31. The van der Waals surface area contributed by atoms with Crippen molar-refractivity contribution in [2.45, 2.75) is 31.6 Å². The van der Waals surface area contributed by atoms with Crippen LogP contribution in [0.2, 0.25) is 5.02 Å². The maximum absolute atomic E-state index is 15.6. The van der Waals surface area contributed by atoms with Crippen molar-refractivity contribution in [3.63, 3.8) is 0 Å². The lowest BCUT2D eigenvalue weighted by molar-refractivity contribution is -0.114. The molecule has 6 nitrogen and oxygen atoms in total. The second-order valence-corrected chi connectivity index (χ2v) is 11.8. The molecule has 0 aliphatic carbocycles. The normalized spacial score (nSPS) is 14.6. The SMILES string of the molecule is Nc1ccc(/C=C/C(=O)CCc2cc3cc(-c4ccc(C(=O)N5CCC(F)(F)CC5)cc4F)cc(-c4ccc(F)c(Cl)c4)c3o2)cn1. The Bertz CT molecular complexity index is 2010. The predicted molar refractivity (Wildman–Crippen MR) is 173 cm³/mol. The third-order valence-electron chi connectivity index (χ3n) is 8.10. The molecule has 6 rings (SSSR count). The predicted octanol–water partition coefficient (Wildman–Crippen LogP) is 8.76. The molecule has 5 aromatic rings. The Morgan fingerprint density at radius 1 is 0.936 bits per heavy atom. The molecule has 1 fully saturated rings. The topological polar surface area (TPSA) is 89.4 Å². The molecule has 0 atom stereocenters. The highest BCUT2D eigenvalue weighted by Gasteiger charge is 2.36. The van der Waals surface area contributed by atoms with Crippen LogP contribution in [-0.4, -0.2) is 40.6 Å². The van der Waals surface area contributed by atoms with Crippen molar-refractivity contribution in [1.29, 1.82) is 0 Å². The zero-order valence-electron chi connectivity index (χ0n) is 24.9. The molecule has 0 unspecified atom stereocenters. The summed E-state index contributed by atoms with van der Waals surface area (Å²) in [5.74, 6) is -3.86. The number of carbonyl (C=O) groups excluding carboxylic acids is 2. The number of carbonyl (C=O) groups is 2. The van der Waals surface area contributed by atoms with Gasteiger partial charge in [0.2, 0.25) is 0 Å². The van der Waals surface area contributed by atoms with Crippen molar-refractivity contribution < 1.29 is 31.6 Å². The van der Waals surface area contributed by atoms with Gasteiger partial charge in [-0.15, -0.1) is 0 Å². The van der Waals surface area contributed by atoms with Crippen LogP contribution in [0.1, 0.15) is 40.9 Å². The van der Waals surface area contributed by atoms with E-state index in [-0.39, 0.29) is 47.9 Å². The first-order chi connectivity index (χ1) is 22.5. The number of ketones is 1. The number of nitrogen functional groups attached to an aromatic ring is 1. The number of fused-ring (bicyclic) bond motifs is 1. The van der Waals surface area contributed by atoms with E-state index in [0.29, 0.717) is 39.2 Å². The molecule has 0 bridgehead atoms. The third-order valence-corrected chi connectivity index (χ3v) is 8.39. The number of piperidine rings is 1. The van der Waals surface area contributed by atoms with Crippen molar-refractivity contribution in [3.8, 4) is 22.3 Å². The number of pyridine rings is 1. The van der Waals surface area contributed by atoms with E-state index < -0.39 is 36.3 Å². The number of amides is 1. The fourth-order valence-corrected chi connectivity index (χ4v) is 5.68. The molecular formula is C36H28ClF4N3O3. The molecule has 1 aliphatic heterocycles. The molecule has 1 saturated heterocycles. The lowest BCUT2D eigenvalue weighted by Crippen LogP contribution is -2.42. The van der Waals surface area contributed by atoms with Gasteiger partial charge in [-0.2, -0.15) is 0 Å². The summed E-state index contributed by atoms with van der Waals surface area (Å²) in [4.78, 5) is 30.8. The Balaban J connectivity index is 1.29. The standard InChI is InChI=1S/C36H28ClF4N3O3/c37-30-18-22(4-9-31(30)38)29-17-24(28-8-3-23(19-32(28)39)35(46)44-13-11-36(40,41)12-14-44)15-25-16-27(47-34(25)29)7-6-26(45)5-1-21-2-10-33(42)43-20-21/h1-5,8-10,15-20H,6-7,11-14H2,(H2,42,43)/b5-1+. The first-order valence-electron chi connectivity index (χ1n) is 14.9. The fraction of sp³-hybridized carbons (Fsp3) is 0.194. The lowest BCUT2D eigenvalue weighted by Gasteiger charge is -2.31. The molecule has 11 heteroatoms. The molecule has 1 aliphatic rings. The molecule has 3 heterocycles. The quantitative estimate of drug-likeness (QED) is 0.133. The van der Waals surface area contributed by atoms with Crippen molar-refractivity contribution in [1.82, 2.24) is 9.88 Å². The highest BCUT2D eigenvalue weighted by atomic mass is 35.5. The number of nitrogens with two attached hydrogens (primary N) is 1. The number of alkyl halides is 2. The summed E-state index contributed by atoms with van der Waals surface area (Å²) in [5, 5.41) is 0.503. The van der Waals surface area contributed by atoms with Crippen molar-refractivity contribution in [3.05, 3.63) is 113 Å². The molecule has 47 heavy (non-hydrogen) atoms. The van der Waals surface area contributed by atoms with Gasteiger partial charge in [0.1, 0.15) is 28.8 Å². The molecule has 1 amide bonds. The molecule has 240 valence electrons. The molecule has 0 radical (unpaired) electrons. The number of benzene rings is 3. The summed E-state index contributed by atoms with van der Waals surface area (Å²) in [6.45, 7) is -0.222. The number of anilines is 1. The first kappa shape index (κ1) is 32.0. The van der Waals surface area contributed by atoms with Gasteiger partial charge in [-0.3, -0.25) is 9.59 Å². The minimum atomic E-state index is -2.81. The van der Waals surface area contributed by atoms with Gasteiger partial charge in [-0.1, -0.05) is 23.7 Å². The van der Waals surface area contributed by atoms with Crippen LogP contribution >= 0.6 is 11.6 Å². The van der Waals surface area contributed by atoms with Crippen LogP contribution < -0.4 is 5.73 Å². The lowest BCUT2D eigenvalue weighted by atomic mass is 9.95. The van der Waals surface area contributed by atoms with Crippen molar-refractivity contribution in [2.24, 2.45) is 0 Å². The first-order valence-corrected chi connectivity index (χ1v) is 15.2. The van der Waals surface area contributed by atoms with Gasteiger partial charge in [0.15, 0.2) is 5.78 Å². The zero-order valence-corrected chi connectivity index (χ0v) is 25.7. The summed E-state index contributed by atoms with van der Waals surface area (Å²) in [6, 6.07) is 16.8. The number of allylic oxidation sites excluding steroid dienone is 1. The van der Waals surface area contributed by atoms with E-state index in [1.54, 1.807) is 42.6 Å². The van der Waals surface area contributed by atoms with E-state index in [0.717, 1.165) is 11.6 Å². The van der Waals surface area contributed by atoms with Crippen LogP contribution in [0.15, 0.2) is 83.4 Å². The Morgan fingerprint density at radius 3 is 2.43 bits per heavy atom. The number of halogens is 5. The highest BCUT2D eigenvalue weighted by Crippen LogP contribution is 2.38. The van der Waals surface area contributed by atoms with E-state index in [2.05, 4.69) is 4.98 Å². The zero-order chi connectivity index (χ0) is 33.3. The number of rotatable bonds is 8. The molecule has 2 N–H and O–H groups in total. The number of aromatic nitrogens is 1. The molecular weight excluding hydrogens is 634 g/mol. The number of nitrogens with zero attached hydrogens (tertiary/aromatic N) is 2. The van der Waals surface area contributed by atoms with Gasteiger partial charge in [-0.25, -0.2) is 22.5 Å². The summed E-state index contributed by atoms with van der Waals surface area (Å²) >= 11 is 6.10. The summed E-state index contributed by atoms with van der Waals surface area (Å²) in [5.41, 5.74) is 8.50. The van der Waals surface area contributed by atoms with Crippen molar-refractivity contribution >= 4 is 46.2 Å². The third kappa shape index (κ3) is 7.23. The molecule has 2 aromatic heterocycles. The van der Waals surface area contributed by atoms with E-state index in [1.165, 1.54) is 41.3 Å². The van der Waals surface area contributed by atoms with Gasteiger partial charge >= 0.3 is 0 Å². The van der Waals surface area contributed by atoms with Gasteiger partial charge in [0.25, 0.3) is 11.8 Å². The van der Waals surface area contributed by atoms with Crippen LogP contribution in [0.5, 0.6) is 0 Å². The number of furan rings is 1.